The van der Waals surface area contributed by atoms with E-state index in [9.17, 15) is 4.79 Å². The van der Waals surface area contributed by atoms with Crippen molar-refractivity contribution in [3.8, 4) is 0 Å². The number of nitrogens with one attached hydrogen (secondary N) is 1. The molecule has 0 atom stereocenters. The number of benzene rings is 1. The molecule has 1 fully saturated rings. The van der Waals surface area contributed by atoms with Gasteiger partial charge in [-0.2, -0.15) is 0 Å². The second kappa shape index (κ2) is 9.97. The van der Waals surface area contributed by atoms with Crippen molar-refractivity contribution in [3.05, 3.63) is 53.2 Å². The molecule has 0 spiro atoms. The maximum atomic E-state index is 12.3. The van der Waals surface area contributed by atoms with Gasteiger partial charge in [-0.1, -0.05) is 11.6 Å². The third kappa shape index (κ3) is 5.61. The molecule has 27 heavy (non-hydrogen) atoms. The lowest BCUT2D eigenvalue weighted by atomic mass is 10.2. The summed E-state index contributed by atoms with van der Waals surface area (Å²) in [5.41, 5.74) is 1.88. The number of pyridine rings is 1. The van der Waals surface area contributed by atoms with Crippen LogP contribution in [-0.2, 0) is 0 Å². The second-order valence-corrected chi connectivity index (χ2v) is 7.71. The number of anilines is 1. The Labute approximate surface area is 170 Å². The van der Waals surface area contributed by atoms with E-state index in [2.05, 4.69) is 32.2 Å². The van der Waals surface area contributed by atoms with Crippen molar-refractivity contribution in [2.45, 2.75) is 11.4 Å². The average molecular weight is 405 g/mol. The Morgan fingerprint density at radius 3 is 2.63 bits per heavy atom. The number of piperazine rings is 1. The predicted molar refractivity (Wildman–Crippen MR) is 113 cm³/mol. The van der Waals surface area contributed by atoms with Crippen molar-refractivity contribution < 1.29 is 4.79 Å². The number of halogens is 1. The Kier molecular flexibility index (Phi) is 7.38. The number of hydrogen-bond acceptors (Lipinski definition) is 5. The molecule has 1 amide bonds. The van der Waals surface area contributed by atoms with Gasteiger partial charge in [0.1, 0.15) is 5.03 Å². The third-order valence-corrected chi connectivity index (χ3v) is 5.67. The number of rotatable bonds is 7. The first-order valence-corrected chi connectivity index (χ1v) is 10.8. The van der Waals surface area contributed by atoms with Crippen LogP contribution in [0.2, 0.25) is 5.02 Å². The van der Waals surface area contributed by atoms with E-state index in [4.69, 9.17) is 11.6 Å². The van der Waals surface area contributed by atoms with Gasteiger partial charge in [-0.15, -0.1) is 11.8 Å². The lowest BCUT2D eigenvalue weighted by Crippen LogP contribution is -2.47. The zero-order valence-electron chi connectivity index (χ0n) is 15.5. The molecular formula is C20H25ClN4OS. The fraction of sp³-hybridized carbons (Fsp3) is 0.400. The molecule has 1 saturated heterocycles. The molecule has 1 aromatic heterocycles. The highest BCUT2D eigenvalue weighted by Gasteiger charge is 2.17. The summed E-state index contributed by atoms with van der Waals surface area (Å²) in [4.78, 5) is 21.4. The minimum Gasteiger partial charge on any atom is -0.369 e. The Balaban J connectivity index is 1.37. The number of amides is 1. The van der Waals surface area contributed by atoms with Crippen LogP contribution in [0, 0.1) is 0 Å². The van der Waals surface area contributed by atoms with Gasteiger partial charge in [0, 0.05) is 49.6 Å². The number of nitrogens with zero attached hydrogens (tertiary/aromatic N) is 3. The molecule has 0 radical (unpaired) electrons. The van der Waals surface area contributed by atoms with Gasteiger partial charge in [0.2, 0.25) is 0 Å². The van der Waals surface area contributed by atoms with E-state index in [1.807, 2.05) is 24.5 Å². The van der Waals surface area contributed by atoms with E-state index in [0.29, 0.717) is 12.1 Å². The molecular weight excluding hydrogens is 380 g/mol. The van der Waals surface area contributed by atoms with Crippen LogP contribution in [0.3, 0.4) is 0 Å². The molecule has 0 aliphatic carbocycles. The fourth-order valence-electron chi connectivity index (χ4n) is 3.21. The first-order valence-electron chi connectivity index (χ1n) is 9.17. The quantitative estimate of drug-likeness (QED) is 0.566. The van der Waals surface area contributed by atoms with Crippen molar-refractivity contribution >= 4 is 35.0 Å². The third-order valence-electron chi connectivity index (χ3n) is 4.71. The van der Waals surface area contributed by atoms with Crippen molar-refractivity contribution in [1.29, 1.82) is 0 Å². The maximum absolute atomic E-state index is 12.3. The highest BCUT2D eigenvalue weighted by atomic mass is 35.5. The zero-order chi connectivity index (χ0) is 19.1. The van der Waals surface area contributed by atoms with Gasteiger partial charge in [0.25, 0.3) is 5.91 Å². The van der Waals surface area contributed by atoms with Gasteiger partial charge in [-0.3, -0.25) is 9.69 Å². The number of carbonyl (C=O) groups excluding carboxylic acids is 1. The van der Waals surface area contributed by atoms with Crippen LogP contribution in [0.15, 0.2) is 47.6 Å². The van der Waals surface area contributed by atoms with E-state index in [1.165, 1.54) is 17.4 Å². The van der Waals surface area contributed by atoms with Crippen LogP contribution in [-0.4, -0.2) is 61.3 Å². The normalized spacial score (nSPS) is 15.0. The molecule has 1 aliphatic rings. The van der Waals surface area contributed by atoms with Crippen LogP contribution in [0.4, 0.5) is 5.69 Å². The van der Waals surface area contributed by atoms with Gasteiger partial charge >= 0.3 is 0 Å². The van der Waals surface area contributed by atoms with Crippen molar-refractivity contribution in [2.75, 3.05) is 50.4 Å². The molecule has 0 saturated carbocycles. The molecule has 1 N–H and O–H groups in total. The molecule has 1 aliphatic heterocycles. The maximum Gasteiger partial charge on any atom is 0.254 e. The molecule has 2 aromatic rings. The topological polar surface area (TPSA) is 48.5 Å². The summed E-state index contributed by atoms with van der Waals surface area (Å²) in [5.74, 6) is -0.0417. The highest BCUT2D eigenvalue weighted by molar-refractivity contribution is 7.98. The lowest BCUT2D eigenvalue weighted by Gasteiger charge is -2.36. The average Bonchev–Trinajstić information content (AvgIpc) is 2.72. The molecule has 5 nitrogen and oxygen atoms in total. The van der Waals surface area contributed by atoms with E-state index >= 15 is 0 Å². The summed E-state index contributed by atoms with van der Waals surface area (Å²) < 4.78 is 0. The van der Waals surface area contributed by atoms with Crippen LogP contribution < -0.4 is 10.2 Å². The Hall–Kier alpha value is -1.76. The molecule has 3 rings (SSSR count). The van der Waals surface area contributed by atoms with Gasteiger partial charge in [0.05, 0.1) is 5.56 Å². The van der Waals surface area contributed by atoms with Gasteiger partial charge in [0.15, 0.2) is 0 Å². The standard InChI is InChI=1S/C20H25ClN4OS/c1-27-20-18(4-2-9-23-20)19(26)22-10-3-11-24-12-14-25(15-13-24)17-7-5-16(21)6-8-17/h2,4-9H,3,10-15H2,1H3,(H,22,26). The van der Waals surface area contributed by atoms with Crippen LogP contribution >= 0.6 is 23.4 Å². The van der Waals surface area contributed by atoms with Gasteiger partial charge < -0.3 is 10.2 Å². The van der Waals surface area contributed by atoms with Crippen LogP contribution in [0.25, 0.3) is 0 Å². The SMILES string of the molecule is CSc1ncccc1C(=O)NCCCN1CCN(c2ccc(Cl)cc2)CC1. The minimum atomic E-state index is -0.0417. The van der Waals surface area contributed by atoms with Gasteiger partial charge in [-0.05, 0) is 55.6 Å². The van der Waals surface area contributed by atoms with E-state index < -0.39 is 0 Å². The number of hydrogen-bond donors (Lipinski definition) is 1. The van der Waals surface area contributed by atoms with Gasteiger partial charge in [-0.25, -0.2) is 4.98 Å². The minimum absolute atomic E-state index is 0.0417. The van der Waals surface area contributed by atoms with Crippen molar-refractivity contribution in [1.82, 2.24) is 15.2 Å². The number of carbonyl (C=O) groups is 1. The van der Waals surface area contributed by atoms with Crippen LogP contribution in [0.1, 0.15) is 16.8 Å². The largest absolute Gasteiger partial charge is 0.369 e. The molecule has 1 aromatic carbocycles. The highest BCUT2D eigenvalue weighted by Crippen LogP contribution is 2.19. The van der Waals surface area contributed by atoms with Crippen molar-refractivity contribution in [3.63, 3.8) is 0 Å². The monoisotopic (exact) mass is 404 g/mol. The number of thioether (sulfide) groups is 1. The van der Waals surface area contributed by atoms with E-state index in [-0.39, 0.29) is 5.91 Å². The molecule has 7 heteroatoms. The molecule has 144 valence electrons. The van der Waals surface area contributed by atoms with E-state index in [0.717, 1.165) is 49.2 Å². The second-order valence-electron chi connectivity index (χ2n) is 6.47. The number of aromatic nitrogens is 1. The van der Waals surface area contributed by atoms with Crippen molar-refractivity contribution in [2.24, 2.45) is 0 Å². The fourth-order valence-corrected chi connectivity index (χ4v) is 3.88. The summed E-state index contributed by atoms with van der Waals surface area (Å²) in [6.07, 6.45) is 4.59. The summed E-state index contributed by atoms with van der Waals surface area (Å²) >= 11 is 7.45. The Morgan fingerprint density at radius 1 is 1.19 bits per heavy atom. The molecule has 0 bridgehead atoms. The Bertz CT molecular complexity index is 748. The Morgan fingerprint density at radius 2 is 1.93 bits per heavy atom. The summed E-state index contributed by atoms with van der Waals surface area (Å²) in [7, 11) is 0. The lowest BCUT2D eigenvalue weighted by molar-refractivity contribution is 0.0948. The van der Waals surface area contributed by atoms with E-state index in [1.54, 1.807) is 12.3 Å². The molecule has 2 heterocycles. The summed E-state index contributed by atoms with van der Waals surface area (Å²) in [6.45, 7) is 5.78. The smallest absolute Gasteiger partial charge is 0.254 e. The zero-order valence-corrected chi connectivity index (χ0v) is 17.1. The first kappa shape index (κ1) is 20.0. The predicted octanol–water partition coefficient (Wildman–Crippen LogP) is 3.40. The summed E-state index contributed by atoms with van der Waals surface area (Å²) in [6, 6.07) is 11.7. The van der Waals surface area contributed by atoms with Crippen LogP contribution in [0.5, 0.6) is 0 Å². The molecule has 0 unspecified atom stereocenters. The first-order chi connectivity index (χ1) is 13.2. The summed E-state index contributed by atoms with van der Waals surface area (Å²) in [5, 5.41) is 4.56.